The van der Waals surface area contributed by atoms with Crippen LogP contribution in [-0.4, -0.2) is 15.0 Å². The van der Waals surface area contributed by atoms with Gasteiger partial charge in [0.15, 0.2) is 5.82 Å². The molecule has 0 spiro atoms. The van der Waals surface area contributed by atoms with Crippen LogP contribution in [-0.2, 0) is 7.05 Å². The lowest BCUT2D eigenvalue weighted by atomic mass is 10.00. The maximum Gasteiger partial charge on any atom is 0.152 e. The SMILES string of the molecule is Cn1nc2c(-c3ccccc3)c(F)c(Cl)c(-c3cccs3)c2n1. The van der Waals surface area contributed by atoms with Crippen LogP contribution in [0, 0.1) is 5.82 Å². The van der Waals surface area contributed by atoms with Crippen LogP contribution in [0.15, 0.2) is 47.8 Å². The summed E-state index contributed by atoms with van der Waals surface area (Å²) in [4.78, 5) is 2.32. The van der Waals surface area contributed by atoms with E-state index in [1.165, 1.54) is 16.1 Å². The zero-order valence-corrected chi connectivity index (χ0v) is 13.7. The van der Waals surface area contributed by atoms with E-state index >= 15 is 4.39 Å². The van der Waals surface area contributed by atoms with Gasteiger partial charge in [-0.2, -0.15) is 15.0 Å². The third-order valence-electron chi connectivity index (χ3n) is 3.65. The number of hydrogen-bond acceptors (Lipinski definition) is 3. The van der Waals surface area contributed by atoms with Gasteiger partial charge < -0.3 is 0 Å². The molecule has 6 heteroatoms. The molecule has 0 N–H and O–H groups in total. The largest absolute Gasteiger partial charge is 0.205 e. The number of nitrogens with zero attached hydrogens (tertiary/aromatic N) is 3. The minimum absolute atomic E-state index is 0.0827. The van der Waals surface area contributed by atoms with Gasteiger partial charge in [0.05, 0.1) is 5.02 Å². The van der Waals surface area contributed by atoms with Gasteiger partial charge >= 0.3 is 0 Å². The Balaban J connectivity index is 2.15. The van der Waals surface area contributed by atoms with E-state index in [1.807, 2.05) is 47.8 Å². The van der Waals surface area contributed by atoms with Crippen molar-refractivity contribution in [1.82, 2.24) is 15.0 Å². The number of rotatable bonds is 2. The zero-order valence-electron chi connectivity index (χ0n) is 12.1. The number of hydrogen-bond donors (Lipinski definition) is 0. The molecule has 4 aromatic rings. The van der Waals surface area contributed by atoms with Crippen LogP contribution < -0.4 is 0 Å². The van der Waals surface area contributed by atoms with E-state index < -0.39 is 5.82 Å². The van der Waals surface area contributed by atoms with Gasteiger partial charge in [-0.1, -0.05) is 48.0 Å². The third kappa shape index (κ3) is 2.24. The Kier molecular flexibility index (Phi) is 3.39. The van der Waals surface area contributed by atoms with E-state index in [0.29, 0.717) is 22.2 Å². The number of aromatic nitrogens is 3. The van der Waals surface area contributed by atoms with Gasteiger partial charge in [0, 0.05) is 23.1 Å². The highest BCUT2D eigenvalue weighted by Crippen LogP contribution is 2.43. The maximum absolute atomic E-state index is 15.1. The molecule has 2 aromatic carbocycles. The molecule has 0 atom stereocenters. The lowest BCUT2D eigenvalue weighted by molar-refractivity contribution is 0.633. The highest BCUT2D eigenvalue weighted by molar-refractivity contribution is 7.13. The molecular formula is C17H11ClFN3S. The Bertz CT molecular complexity index is 994. The molecule has 0 aliphatic heterocycles. The average molecular weight is 344 g/mol. The van der Waals surface area contributed by atoms with Crippen molar-refractivity contribution in [1.29, 1.82) is 0 Å². The van der Waals surface area contributed by atoms with Crippen molar-refractivity contribution in [3.63, 3.8) is 0 Å². The quantitative estimate of drug-likeness (QED) is 0.503. The molecule has 4 rings (SSSR count). The monoisotopic (exact) mass is 343 g/mol. The molecule has 0 saturated heterocycles. The van der Waals surface area contributed by atoms with Gasteiger partial charge in [-0.05, 0) is 17.0 Å². The van der Waals surface area contributed by atoms with Gasteiger partial charge in [-0.25, -0.2) is 4.39 Å². The van der Waals surface area contributed by atoms with Crippen molar-refractivity contribution in [3.05, 3.63) is 58.7 Å². The third-order valence-corrected chi connectivity index (χ3v) is 4.89. The van der Waals surface area contributed by atoms with Crippen molar-refractivity contribution in [3.8, 4) is 21.6 Å². The minimum Gasteiger partial charge on any atom is -0.205 e. The molecular weight excluding hydrogens is 333 g/mol. The number of fused-ring (bicyclic) bond motifs is 1. The number of thiophene rings is 1. The van der Waals surface area contributed by atoms with Crippen molar-refractivity contribution < 1.29 is 4.39 Å². The second-order valence-electron chi connectivity index (χ2n) is 5.11. The van der Waals surface area contributed by atoms with Crippen LogP contribution in [0.1, 0.15) is 0 Å². The first-order valence-electron chi connectivity index (χ1n) is 6.98. The van der Waals surface area contributed by atoms with Crippen molar-refractivity contribution >= 4 is 34.0 Å². The molecule has 0 radical (unpaired) electrons. The Hall–Kier alpha value is -2.24. The van der Waals surface area contributed by atoms with E-state index in [0.717, 1.165) is 10.4 Å². The predicted molar refractivity (Wildman–Crippen MR) is 92.2 cm³/mol. The van der Waals surface area contributed by atoms with Crippen LogP contribution in [0.25, 0.3) is 32.6 Å². The summed E-state index contributed by atoms with van der Waals surface area (Å²) in [6.07, 6.45) is 0. The number of halogens is 2. The van der Waals surface area contributed by atoms with E-state index in [1.54, 1.807) is 7.05 Å². The summed E-state index contributed by atoms with van der Waals surface area (Å²) in [5, 5.41) is 10.8. The van der Waals surface area contributed by atoms with Crippen LogP contribution in [0.2, 0.25) is 5.02 Å². The van der Waals surface area contributed by atoms with Crippen LogP contribution in [0.3, 0.4) is 0 Å². The van der Waals surface area contributed by atoms with Gasteiger partial charge in [0.25, 0.3) is 0 Å². The summed E-state index contributed by atoms with van der Waals surface area (Å²) >= 11 is 7.88. The standard InChI is InChI=1S/C17H11ClFN3S/c1-22-20-16-12(10-6-3-2-4-7-10)15(19)14(18)13(17(16)21-22)11-8-5-9-23-11/h2-9H,1H3. The van der Waals surface area contributed by atoms with Crippen LogP contribution in [0.5, 0.6) is 0 Å². The highest BCUT2D eigenvalue weighted by atomic mass is 35.5. The molecule has 0 fully saturated rings. The Morgan fingerprint density at radius 3 is 2.35 bits per heavy atom. The van der Waals surface area contributed by atoms with Gasteiger partial charge in [0.1, 0.15) is 11.0 Å². The molecule has 0 unspecified atom stereocenters. The second-order valence-corrected chi connectivity index (χ2v) is 6.43. The average Bonchev–Trinajstić information content (AvgIpc) is 3.19. The molecule has 0 amide bonds. The van der Waals surface area contributed by atoms with E-state index in [4.69, 9.17) is 11.6 Å². The lowest BCUT2D eigenvalue weighted by Gasteiger charge is -2.10. The minimum atomic E-state index is -0.464. The smallest absolute Gasteiger partial charge is 0.152 e. The molecule has 23 heavy (non-hydrogen) atoms. The van der Waals surface area contributed by atoms with Crippen molar-refractivity contribution in [2.75, 3.05) is 0 Å². The van der Waals surface area contributed by atoms with E-state index in [2.05, 4.69) is 10.2 Å². The maximum atomic E-state index is 15.1. The van der Waals surface area contributed by atoms with Crippen molar-refractivity contribution in [2.24, 2.45) is 7.05 Å². The Morgan fingerprint density at radius 1 is 1.00 bits per heavy atom. The summed E-state index contributed by atoms with van der Waals surface area (Å²) in [6.45, 7) is 0. The predicted octanol–water partition coefficient (Wildman–Crippen LogP) is 5.16. The first kappa shape index (κ1) is 14.4. The molecule has 2 heterocycles. The molecule has 0 aliphatic carbocycles. The zero-order chi connectivity index (χ0) is 16.0. The van der Waals surface area contributed by atoms with Gasteiger partial charge in [-0.3, -0.25) is 0 Å². The van der Waals surface area contributed by atoms with E-state index in [-0.39, 0.29) is 5.02 Å². The summed E-state index contributed by atoms with van der Waals surface area (Å²) in [5.41, 5.74) is 2.85. The second kappa shape index (κ2) is 5.44. The number of aryl methyl sites for hydroxylation is 1. The first-order valence-corrected chi connectivity index (χ1v) is 8.24. The molecule has 2 aromatic heterocycles. The lowest BCUT2D eigenvalue weighted by Crippen LogP contribution is -1.92. The highest BCUT2D eigenvalue weighted by Gasteiger charge is 2.24. The van der Waals surface area contributed by atoms with Crippen LogP contribution >= 0.6 is 22.9 Å². The summed E-state index contributed by atoms with van der Waals surface area (Å²) in [6, 6.07) is 13.1. The summed E-state index contributed by atoms with van der Waals surface area (Å²) < 4.78 is 15.1. The molecule has 0 aliphatic rings. The van der Waals surface area contributed by atoms with Gasteiger partial charge in [0.2, 0.25) is 0 Å². The van der Waals surface area contributed by atoms with Crippen molar-refractivity contribution in [2.45, 2.75) is 0 Å². The summed E-state index contributed by atoms with van der Waals surface area (Å²) in [5.74, 6) is -0.464. The fourth-order valence-electron chi connectivity index (χ4n) is 2.68. The van der Waals surface area contributed by atoms with Gasteiger partial charge in [-0.15, -0.1) is 11.3 Å². The topological polar surface area (TPSA) is 30.7 Å². The Morgan fingerprint density at radius 2 is 1.70 bits per heavy atom. The number of benzene rings is 2. The fraction of sp³-hybridized carbons (Fsp3) is 0.0588. The first-order chi connectivity index (χ1) is 11.2. The molecule has 0 bridgehead atoms. The van der Waals surface area contributed by atoms with Crippen LogP contribution in [0.4, 0.5) is 4.39 Å². The normalized spacial score (nSPS) is 11.3. The molecule has 0 saturated carbocycles. The Labute approximate surface area is 140 Å². The fourth-order valence-corrected chi connectivity index (χ4v) is 3.80. The molecule has 114 valence electrons. The molecule has 3 nitrogen and oxygen atoms in total. The summed E-state index contributed by atoms with van der Waals surface area (Å²) in [7, 11) is 1.72. The van der Waals surface area contributed by atoms with E-state index in [9.17, 15) is 0 Å².